The van der Waals surface area contributed by atoms with E-state index < -0.39 is 47.4 Å². The van der Waals surface area contributed by atoms with Crippen LogP contribution in [0.5, 0.6) is 0 Å². The number of fused-ring (bicyclic) bond motifs is 1. The Hall–Kier alpha value is -3.02. The quantitative estimate of drug-likeness (QED) is 0.480. The van der Waals surface area contributed by atoms with Gasteiger partial charge in [0.1, 0.15) is 6.10 Å². The summed E-state index contributed by atoms with van der Waals surface area (Å²) in [6.45, 7) is 5.26. The Labute approximate surface area is 230 Å². The van der Waals surface area contributed by atoms with Crippen LogP contribution < -0.4 is 0 Å². The largest absolute Gasteiger partial charge is 0.481 e. The minimum atomic E-state index is -4.94. The van der Waals surface area contributed by atoms with E-state index in [-0.39, 0.29) is 36.5 Å². The van der Waals surface area contributed by atoms with Gasteiger partial charge >= 0.3 is 12.1 Å². The fraction of sp³-hybridized carbons (Fsp3) is 0.679. The van der Waals surface area contributed by atoms with Crippen molar-refractivity contribution in [3.8, 4) is 0 Å². The molecule has 0 spiro atoms. The van der Waals surface area contributed by atoms with Crippen molar-refractivity contribution in [3.63, 3.8) is 0 Å². The summed E-state index contributed by atoms with van der Waals surface area (Å²) in [7, 11) is 0. The third-order valence-electron chi connectivity index (χ3n) is 9.70. The summed E-state index contributed by atoms with van der Waals surface area (Å²) >= 11 is 0. The highest BCUT2D eigenvalue weighted by atomic mass is 19.4. The van der Waals surface area contributed by atoms with Crippen molar-refractivity contribution in [1.29, 1.82) is 0 Å². The van der Waals surface area contributed by atoms with Crippen molar-refractivity contribution in [2.45, 2.75) is 90.6 Å². The SMILES string of the molecule is Cc1nccnc1C(O)CN(C(=O)c1cnn(CC2(C(=O)O)CCCCC2)c1C(F)(F)F)C1CC2C(C1)C2(C)C. The van der Waals surface area contributed by atoms with Gasteiger partial charge in [0.25, 0.3) is 5.91 Å². The molecule has 5 rings (SSSR count). The maximum atomic E-state index is 14.5. The van der Waals surface area contributed by atoms with Crippen LogP contribution in [-0.2, 0) is 17.5 Å². The molecule has 2 N–H and O–H groups in total. The number of amides is 1. The van der Waals surface area contributed by atoms with E-state index in [0.29, 0.717) is 47.9 Å². The van der Waals surface area contributed by atoms with Gasteiger partial charge in [0.15, 0.2) is 5.69 Å². The number of carbonyl (C=O) groups is 2. The Bertz CT molecular complexity index is 1270. The van der Waals surface area contributed by atoms with E-state index >= 15 is 0 Å². The van der Waals surface area contributed by atoms with Gasteiger partial charge in [-0.1, -0.05) is 33.1 Å². The average molecular weight is 564 g/mol. The minimum absolute atomic E-state index is 0.124. The van der Waals surface area contributed by atoms with Gasteiger partial charge in [-0.2, -0.15) is 18.3 Å². The average Bonchev–Trinajstić information content (AvgIpc) is 3.29. The lowest BCUT2D eigenvalue weighted by Crippen LogP contribution is -2.44. The normalized spacial score (nSPS) is 25.7. The molecule has 218 valence electrons. The zero-order valence-electron chi connectivity index (χ0n) is 23.0. The van der Waals surface area contributed by atoms with Crippen molar-refractivity contribution >= 4 is 11.9 Å². The van der Waals surface area contributed by atoms with Crippen LogP contribution in [0.15, 0.2) is 18.6 Å². The Balaban J connectivity index is 1.49. The van der Waals surface area contributed by atoms with Crippen molar-refractivity contribution in [2.24, 2.45) is 22.7 Å². The van der Waals surface area contributed by atoms with E-state index in [2.05, 4.69) is 28.9 Å². The Kier molecular flexibility index (Phi) is 7.21. The molecule has 1 amide bonds. The maximum Gasteiger partial charge on any atom is 0.433 e. The summed E-state index contributed by atoms with van der Waals surface area (Å²) in [5.74, 6) is -1.32. The fourth-order valence-corrected chi connectivity index (χ4v) is 7.22. The number of aliphatic carboxylic acids is 1. The lowest BCUT2D eigenvalue weighted by atomic mass is 9.74. The Morgan fingerprint density at radius 1 is 1.12 bits per heavy atom. The van der Waals surface area contributed by atoms with E-state index in [1.165, 1.54) is 17.3 Å². The lowest BCUT2D eigenvalue weighted by molar-refractivity contribution is -0.156. The summed E-state index contributed by atoms with van der Waals surface area (Å²) in [6.07, 6.45) is 1.40. The predicted octanol–water partition coefficient (Wildman–Crippen LogP) is 4.65. The highest BCUT2D eigenvalue weighted by molar-refractivity contribution is 5.95. The number of aromatic nitrogens is 4. The molecule has 3 saturated carbocycles. The van der Waals surface area contributed by atoms with Gasteiger partial charge in [-0.15, -0.1) is 0 Å². The molecule has 12 heteroatoms. The monoisotopic (exact) mass is 563 g/mol. The lowest BCUT2D eigenvalue weighted by Gasteiger charge is -2.34. The van der Waals surface area contributed by atoms with Gasteiger partial charge in [-0.3, -0.25) is 24.2 Å². The molecule has 2 aromatic heterocycles. The number of aliphatic hydroxyl groups excluding tert-OH is 1. The second kappa shape index (κ2) is 10.1. The number of aryl methyl sites for hydroxylation is 1. The third kappa shape index (κ3) is 4.99. The summed E-state index contributed by atoms with van der Waals surface area (Å²) < 4.78 is 44.2. The van der Waals surface area contributed by atoms with E-state index in [0.717, 1.165) is 12.6 Å². The molecule has 0 saturated heterocycles. The van der Waals surface area contributed by atoms with Gasteiger partial charge in [0.2, 0.25) is 0 Å². The third-order valence-corrected chi connectivity index (χ3v) is 9.70. The molecule has 3 atom stereocenters. The van der Waals surface area contributed by atoms with E-state index in [1.54, 1.807) is 6.92 Å². The van der Waals surface area contributed by atoms with Gasteiger partial charge in [-0.05, 0) is 49.9 Å². The van der Waals surface area contributed by atoms with Crippen molar-refractivity contribution in [3.05, 3.63) is 41.2 Å². The highest BCUT2D eigenvalue weighted by Crippen LogP contribution is 2.67. The van der Waals surface area contributed by atoms with Gasteiger partial charge in [0, 0.05) is 18.4 Å². The van der Waals surface area contributed by atoms with Crippen LogP contribution in [0.2, 0.25) is 0 Å². The molecule has 2 heterocycles. The molecule has 9 nitrogen and oxygen atoms in total. The van der Waals surface area contributed by atoms with Crippen LogP contribution in [0.3, 0.4) is 0 Å². The fourth-order valence-electron chi connectivity index (χ4n) is 7.22. The van der Waals surface area contributed by atoms with Crippen molar-refractivity contribution < 1.29 is 33.0 Å². The van der Waals surface area contributed by atoms with Gasteiger partial charge in [-0.25, -0.2) is 0 Å². The second-order valence-corrected chi connectivity index (χ2v) is 12.4. The standard InChI is InChI=1S/C28H36F3N5O4/c1-16-22(33-10-9-32-16)21(37)14-35(17-11-19-20(12-17)26(19,2)3)24(38)18-13-34-36(23(18)28(29,30)31)15-27(25(39)40)7-5-4-6-8-27/h9-10,13,17,19-21,37H,4-8,11-12,14-15H2,1-3H3,(H,39,40). The van der Waals surface area contributed by atoms with Gasteiger partial charge in [0.05, 0.1) is 41.7 Å². The molecule has 0 bridgehead atoms. The van der Waals surface area contributed by atoms with Crippen LogP contribution in [0.1, 0.15) is 92.3 Å². The number of rotatable bonds is 8. The maximum absolute atomic E-state index is 14.5. The summed E-state index contributed by atoms with van der Waals surface area (Å²) in [5, 5.41) is 24.9. The molecular formula is C28H36F3N5O4. The molecule has 40 heavy (non-hydrogen) atoms. The number of hydrogen-bond acceptors (Lipinski definition) is 6. The molecule has 0 aliphatic heterocycles. The molecular weight excluding hydrogens is 527 g/mol. The number of nitrogens with zero attached hydrogens (tertiary/aromatic N) is 5. The molecule has 0 radical (unpaired) electrons. The zero-order valence-corrected chi connectivity index (χ0v) is 23.0. The number of alkyl halides is 3. The van der Waals surface area contributed by atoms with Crippen LogP contribution >= 0.6 is 0 Å². The first-order valence-corrected chi connectivity index (χ1v) is 13.9. The van der Waals surface area contributed by atoms with E-state index in [1.807, 2.05) is 0 Å². The molecule has 0 aromatic carbocycles. The summed E-state index contributed by atoms with van der Waals surface area (Å²) in [4.78, 5) is 35.8. The number of carboxylic acids is 1. The van der Waals surface area contributed by atoms with Crippen LogP contribution in [-0.4, -0.2) is 59.3 Å². The number of aliphatic hydroxyl groups is 1. The molecule has 3 unspecified atom stereocenters. The first-order chi connectivity index (χ1) is 18.8. The number of halogens is 3. The molecule has 3 aliphatic rings. The van der Waals surface area contributed by atoms with Crippen molar-refractivity contribution in [1.82, 2.24) is 24.6 Å². The summed E-state index contributed by atoms with van der Waals surface area (Å²) in [5.41, 5.74) is -2.40. The Morgan fingerprint density at radius 2 is 1.75 bits per heavy atom. The van der Waals surface area contributed by atoms with E-state index in [9.17, 15) is 33.0 Å². The minimum Gasteiger partial charge on any atom is -0.481 e. The van der Waals surface area contributed by atoms with Crippen LogP contribution in [0.4, 0.5) is 13.2 Å². The number of carboxylic acid groups (broad SMARTS) is 1. The summed E-state index contributed by atoms with van der Waals surface area (Å²) in [6, 6.07) is -0.352. The van der Waals surface area contributed by atoms with Crippen LogP contribution in [0.25, 0.3) is 0 Å². The first-order valence-electron chi connectivity index (χ1n) is 13.9. The topological polar surface area (TPSA) is 121 Å². The van der Waals surface area contributed by atoms with Gasteiger partial charge < -0.3 is 15.1 Å². The molecule has 2 aromatic rings. The van der Waals surface area contributed by atoms with Crippen molar-refractivity contribution in [2.75, 3.05) is 6.54 Å². The predicted molar refractivity (Wildman–Crippen MR) is 137 cm³/mol. The molecule has 3 fully saturated rings. The first kappa shape index (κ1) is 28.5. The molecule has 3 aliphatic carbocycles. The number of carbonyl (C=O) groups excluding carboxylic acids is 1. The smallest absolute Gasteiger partial charge is 0.433 e. The zero-order chi connectivity index (χ0) is 29.0. The highest BCUT2D eigenvalue weighted by Gasteiger charge is 2.63. The Morgan fingerprint density at radius 3 is 2.33 bits per heavy atom. The number of hydrogen-bond donors (Lipinski definition) is 2. The van der Waals surface area contributed by atoms with E-state index in [4.69, 9.17) is 0 Å². The second-order valence-electron chi connectivity index (χ2n) is 12.4. The van der Waals surface area contributed by atoms with Crippen LogP contribution in [0, 0.1) is 29.6 Å².